The molecule has 3 rings (SSSR count). The van der Waals surface area contributed by atoms with Crippen molar-refractivity contribution in [2.24, 2.45) is 0 Å². The number of benzene rings is 3. The Labute approximate surface area is 137 Å². The van der Waals surface area contributed by atoms with Crippen LogP contribution in [0.2, 0.25) is 0 Å². The highest BCUT2D eigenvalue weighted by molar-refractivity contribution is 5.75. The summed E-state index contributed by atoms with van der Waals surface area (Å²) in [7, 11) is 0. The van der Waals surface area contributed by atoms with Gasteiger partial charge in [-0.2, -0.15) is 5.26 Å². The van der Waals surface area contributed by atoms with Gasteiger partial charge in [0.2, 0.25) is 0 Å². The van der Waals surface area contributed by atoms with Crippen LogP contribution in [-0.2, 0) is 6.42 Å². The van der Waals surface area contributed by atoms with Crippen LogP contribution in [0.25, 0.3) is 22.3 Å². The Hall–Kier alpha value is -2.85. The van der Waals surface area contributed by atoms with Crippen LogP contribution in [0.1, 0.15) is 23.6 Å². The van der Waals surface area contributed by atoms with Crippen molar-refractivity contribution in [3.63, 3.8) is 0 Å². The first kappa shape index (κ1) is 15.1. The molecule has 0 aliphatic rings. The second kappa shape index (κ2) is 6.50. The third-order valence-corrected chi connectivity index (χ3v) is 4.08. The lowest BCUT2D eigenvalue weighted by Crippen LogP contribution is -1.87. The Morgan fingerprint density at radius 1 is 0.783 bits per heavy atom. The summed E-state index contributed by atoms with van der Waals surface area (Å²) in [6, 6.07) is 25.3. The standard InChI is InChI=1S/C22H19N/c1-3-17-7-5-9-20(11-17)22-13-18(15-23)12-21(14-22)19-8-4-6-16(2)10-19/h4-14H,3H2,1-2H3. The summed E-state index contributed by atoms with van der Waals surface area (Å²) in [6.45, 7) is 4.24. The molecule has 0 saturated carbocycles. The van der Waals surface area contributed by atoms with E-state index in [4.69, 9.17) is 0 Å². The highest BCUT2D eigenvalue weighted by Gasteiger charge is 2.06. The zero-order chi connectivity index (χ0) is 16.2. The predicted molar refractivity (Wildman–Crippen MR) is 96.1 cm³/mol. The topological polar surface area (TPSA) is 23.8 Å². The molecule has 0 bridgehead atoms. The van der Waals surface area contributed by atoms with Crippen molar-refractivity contribution in [2.75, 3.05) is 0 Å². The Bertz CT molecular complexity index is 884. The summed E-state index contributed by atoms with van der Waals surface area (Å²) in [6.07, 6.45) is 1.01. The van der Waals surface area contributed by atoms with Crippen molar-refractivity contribution in [3.8, 4) is 28.3 Å². The number of rotatable bonds is 3. The van der Waals surface area contributed by atoms with Gasteiger partial charge in [0.05, 0.1) is 11.6 Å². The molecule has 0 aromatic heterocycles. The van der Waals surface area contributed by atoms with Crippen LogP contribution in [0, 0.1) is 18.3 Å². The fraction of sp³-hybridized carbons (Fsp3) is 0.136. The van der Waals surface area contributed by atoms with Crippen molar-refractivity contribution in [1.29, 1.82) is 5.26 Å². The molecule has 23 heavy (non-hydrogen) atoms. The van der Waals surface area contributed by atoms with Crippen molar-refractivity contribution in [2.45, 2.75) is 20.3 Å². The van der Waals surface area contributed by atoms with E-state index in [0.29, 0.717) is 5.56 Å². The maximum Gasteiger partial charge on any atom is 0.0992 e. The van der Waals surface area contributed by atoms with Crippen molar-refractivity contribution in [3.05, 3.63) is 83.4 Å². The second-order valence-corrected chi connectivity index (χ2v) is 5.83. The molecule has 0 saturated heterocycles. The first-order valence-electron chi connectivity index (χ1n) is 7.91. The van der Waals surface area contributed by atoms with E-state index >= 15 is 0 Å². The molecule has 3 aromatic rings. The molecule has 0 radical (unpaired) electrons. The van der Waals surface area contributed by atoms with Crippen LogP contribution >= 0.6 is 0 Å². The normalized spacial score (nSPS) is 10.3. The second-order valence-electron chi connectivity index (χ2n) is 5.83. The van der Waals surface area contributed by atoms with Gasteiger partial charge < -0.3 is 0 Å². The highest BCUT2D eigenvalue weighted by Crippen LogP contribution is 2.29. The van der Waals surface area contributed by atoms with Crippen LogP contribution in [0.5, 0.6) is 0 Å². The fourth-order valence-corrected chi connectivity index (χ4v) is 2.82. The van der Waals surface area contributed by atoms with Gasteiger partial charge in [-0.15, -0.1) is 0 Å². The number of hydrogen-bond acceptors (Lipinski definition) is 1. The van der Waals surface area contributed by atoms with Crippen molar-refractivity contribution < 1.29 is 0 Å². The molecule has 1 nitrogen and oxygen atoms in total. The van der Waals surface area contributed by atoms with Crippen LogP contribution in [0.3, 0.4) is 0 Å². The summed E-state index contributed by atoms with van der Waals surface area (Å²) >= 11 is 0. The minimum atomic E-state index is 0.695. The van der Waals surface area contributed by atoms with E-state index in [2.05, 4.69) is 74.5 Å². The minimum absolute atomic E-state index is 0.695. The van der Waals surface area contributed by atoms with Gasteiger partial charge in [-0.3, -0.25) is 0 Å². The van der Waals surface area contributed by atoms with Gasteiger partial charge in [0.1, 0.15) is 0 Å². The molecule has 0 heterocycles. The van der Waals surface area contributed by atoms with Gasteiger partial charge in [0.25, 0.3) is 0 Å². The number of nitrogens with zero attached hydrogens (tertiary/aromatic N) is 1. The predicted octanol–water partition coefficient (Wildman–Crippen LogP) is 5.76. The molecule has 0 amide bonds. The number of hydrogen-bond donors (Lipinski definition) is 0. The molecule has 0 N–H and O–H groups in total. The van der Waals surface area contributed by atoms with E-state index in [-0.39, 0.29) is 0 Å². The monoisotopic (exact) mass is 297 g/mol. The zero-order valence-corrected chi connectivity index (χ0v) is 13.5. The van der Waals surface area contributed by atoms with E-state index in [1.807, 2.05) is 12.1 Å². The molecule has 112 valence electrons. The number of nitriles is 1. The lowest BCUT2D eigenvalue weighted by atomic mass is 9.95. The van der Waals surface area contributed by atoms with Crippen molar-refractivity contribution in [1.82, 2.24) is 0 Å². The molecule has 0 aliphatic heterocycles. The summed E-state index contributed by atoms with van der Waals surface area (Å²) in [5.74, 6) is 0. The summed E-state index contributed by atoms with van der Waals surface area (Å²) in [5.41, 5.74) is 7.72. The molecular formula is C22H19N. The SMILES string of the molecule is CCc1cccc(-c2cc(C#N)cc(-c3cccc(C)c3)c2)c1. The van der Waals surface area contributed by atoms with E-state index in [1.54, 1.807) is 0 Å². The maximum absolute atomic E-state index is 9.39. The summed E-state index contributed by atoms with van der Waals surface area (Å²) in [5, 5.41) is 9.39. The summed E-state index contributed by atoms with van der Waals surface area (Å²) in [4.78, 5) is 0. The van der Waals surface area contributed by atoms with E-state index in [1.165, 1.54) is 11.1 Å². The third kappa shape index (κ3) is 3.33. The third-order valence-electron chi connectivity index (χ3n) is 4.08. The first-order chi connectivity index (χ1) is 11.2. The van der Waals surface area contributed by atoms with E-state index < -0.39 is 0 Å². The zero-order valence-electron chi connectivity index (χ0n) is 13.5. The molecule has 0 unspecified atom stereocenters. The van der Waals surface area contributed by atoms with Crippen LogP contribution in [0.4, 0.5) is 0 Å². The molecule has 0 atom stereocenters. The molecule has 0 fully saturated rings. The highest BCUT2D eigenvalue weighted by atomic mass is 14.2. The van der Waals surface area contributed by atoms with Crippen LogP contribution < -0.4 is 0 Å². The smallest absolute Gasteiger partial charge is 0.0992 e. The molecular weight excluding hydrogens is 278 g/mol. The quantitative estimate of drug-likeness (QED) is 0.602. The van der Waals surface area contributed by atoms with E-state index in [0.717, 1.165) is 28.7 Å². The number of aryl methyl sites for hydroxylation is 2. The lowest BCUT2D eigenvalue weighted by molar-refractivity contribution is 1.14. The van der Waals surface area contributed by atoms with Gasteiger partial charge >= 0.3 is 0 Å². The van der Waals surface area contributed by atoms with Crippen LogP contribution in [-0.4, -0.2) is 0 Å². The van der Waals surface area contributed by atoms with Crippen LogP contribution in [0.15, 0.2) is 66.7 Å². The molecule has 0 aliphatic carbocycles. The average molecular weight is 297 g/mol. The van der Waals surface area contributed by atoms with Gasteiger partial charge in [-0.05, 0) is 59.4 Å². The Morgan fingerprint density at radius 3 is 2.04 bits per heavy atom. The minimum Gasteiger partial charge on any atom is -0.192 e. The largest absolute Gasteiger partial charge is 0.192 e. The molecule has 1 heteroatoms. The van der Waals surface area contributed by atoms with Crippen molar-refractivity contribution >= 4 is 0 Å². The lowest BCUT2D eigenvalue weighted by Gasteiger charge is -2.09. The van der Waals surface area contributed by atoms with Gasteiger partial charge in [0.15, 0.2) is 0 Å². The van der Waals surface area contributed by atoms with E-state index in [9.17, 15) is 5.26 Å². The van der Waals surface area contributed by atoms with Gasteiger partial charge in [0, 0.05) is 0 Å². The first-order valence-corrected chi connectivity index (χ1v) is 7.91. The van der Waals surface area contributed by atoms with Gasteiger partial charge in [-0.1, -0.05) is 61.0 Å². The Kier molecular flexibility index (Phi) is 4.26. The van der Waals surface area contributed by atoms with Gasteiger partial charge in [-0.25, -0.2) is 0 Å². The maximum atomic E-state index is 9.39. The molecule has 3 aromatic carbocycles. The summed E-state index contributed by atoms with van der Waals surface area (Å²) < 4.78 is 0. The molecule has 0 spiro atoms. The fourth-order valence-electron chi connectivity index (χ4n) is 2.82. The Balaban J connectivity index is 2.15. The average Bonchev–Trinajstić information content (AvgIpc) is 2.61. The Morgan fingerprint density at radius 2 is 1.43 bits per heavy atom.